The standard InChI is InChI=1S/C16H21N5O/c1-12-9-19-20(10-12)11-16(22)21-7-3-4-14(21)13-5-6-18-15(8-13)17-2/h5-6,8-10,14H,3-4,7,11H2,1-2H3,(H,17,18)/t14-/m1/s1. The van der Waals surface area contributed by atoms with E-state index in [0.29, 0.717) is 6.54 Å². The monoisotopic (exact) mass is 299 g/mol. The van der Waals surface area contributed by atoms with E-state index in [9.17, 15) is 4.79 Å². The number of likely N-dealkylation sites (tertiary alicyclic amines) is 1. The van der Waals surface area contributed by atoms with Gasteiger partial charge in [-0.15, -0.1) is 0 Å². The third-order valence-electron chi connectivity index (χ3n) is 4.06. The number of aromatic nitrogens is 3. The first-order chi connectivity index (χ1) is 10.7. The normalized spacial score (nSPS) is 17.7. The Kier molecular flexibility index (Phi) is 4.09. The van der Waals surface area contributed by atoms with Crippen LogP contribution in [0, 0.1) is 6.92 Å². The molecule has 0 unspecified atom stereocenters. The molecule has 0 radical (unpaired) electrons. The van der Waals surface area contributed by atoms with Gasteiger partial charge in [0.15, 0.2) is 0 Å². The number of amides is 1. The van der Waals surface area contributed by atoms with Crippen molar-refractivity contribution in [1.29, 1.82) is 0 Å². The van der Waals surface area contributed by atoms with Crippen molar-refractivity contribution < 1.29 is 4.79 Å². The van der Waals surface area contributed by atoms with E-state index in [0.717, 1.165) is 36.3 Å². The molecule has 0 bridgehead atoms. The zero-order valence-electron chi connectivity index (χ0n) is 13.0. The Hall–Kier alpha value is -2.37. The van der Waals surface area contributed by atoms with Crippen molar-refractivity contribution in [3.8, 4) is 0 Å². The van der Waals surface area contributed by atoms with Gasteiger partial charge in [-0.1, -0.05) is 0 Å². The van der Waals surface area contributed by atoms with Gasteiger partial charge in [0.05, 0.1) is 12.2 Å². The second-order valence-electron chi connectivity index (χ2n) is 5.68. The van der Waals surface area contributed by atoms with E-state index < -0.39 is 0 Å². The molecule has 0 spiro atoms. The minimum Gasteiger partial charge on any atom is -0.373 e. The van der Waals surface area contributed by atoms with Crippen LogP contribution in [0.2, 0.25) is 0 Å². The molecule has 1 atom stereocenters. The maximum Gasteiger partial charge on any atom is 0.244 e. The van der Waals surface area contributed by atoms with Gasteiger partial charge in [-0.25, -0.2) is 4.98 Å². The van der Waals surface area contributed by atoms with E-state index in [1.807, 2.05) is 37.2 Å². The van der Waals surface area contributed by atoms with E-state index in [1.165, 1.54) is 0 Å². The van der Waals surface area contributed by atoms with Gasteiger partial charge in [0.25, 0.3) is 0 Å². The first-order valence-electron chi connectivity index (χ1n) is 7.59. The van der Waals surface area contributed by atoms with Crippen molar-refractivity contribution in [2.45, 2.75) is 32.4 Å². The van der Waals surface area contributed by atoms with E-state index in [2.05, 4.69) is 15.4 Å². The third-order valence-corrected chi connectivity index (χ3v) is 4.06. The molecule has 1 amide bonds. The largest absolute Gasteiger partial charge is 0.373 e. The molecule has 6 nitrogen and oxygen atoms in total. The fraction of sp³-hybridized carbons (Fsp3) is 0.438. The predicted octanol–water partition coefficient (Wildman–Crippen LogP) is 1.99. The lowest BCUT2D eigenvalue weighted by Gasteiger charge is -2.25. The van der Waals surface area contributed by atoms with Crippen LogP contribution in [0.25, 0.3) is 0 Å². The molecule has 2 aromatic heterocycles. The Morgan fingerprint density at radius 3 is 3.09 bits per heavy atom. The SMILES string of the molecule is CNc1cc([C@H]2CCCN2C(=O)Cn2cc(C)cn2)ccn1. The molecular weight excluding hydrogens is 278 g/mol. The van der Waals surface area contributed by atoms with Crippen LogP contribution >= 0.6 is 0 Å². The minimum atomic E-state index is 0.119. The van der Waals surface area contributed by atoms with E-state index in [1.54, 1.807) is 17.1 Å². The van der Waals surface area contributed by atoms with Crippen LogP contribution in [0.3, 0.4) is 0 Å². The second-order valence-corrected chi connectivity index (χ2v) is 5.68. The maximum absolute atomic E-state index is 12.6. The summed E-state index contributed by atoms with van der Waals surface area (Å²) in [7, 11) is 1.85. The quantitative estimate of drug-likeness (QED) is 0.938. The van der Waals surface area contributed by atoms with E-state index in [4.69, 9.17) is 0 Å². The predicted molar refractivity (Wildman–Crippen MR) is 84.4 cm³/mol. The summed E-state index contributed by atoms with van der Waals surface area (Å²) in [6, 6.07) is 4.16. The molecule has 1 N–H and O–H groups in total. The number of rotatable bonds is 4. The lowest BCUT2D eigenvalue weighted by atomic mass is 10.1. The molecule has 22 heavy (non-hydrogen) atoms. The minimum absolute atomic E-state index is 0.119. The number of hydrogen-bond donors (Lipinski definition) is 1. The summed E-state index contributed by atoms with van der Waals surface area (Å²) in [6.07, 6.45) is 7.49. The summed E-state index contributed by atoms with van der Waals surface area (Å²) in [4.78, 5) is 18.8. The number of carbonyl (C=O) groups is 1. The molecule has 1 saturated heterocycles. The molecule has 3 rings (SSSR count). The summed E-state index contributed by atoms with van der Waals surface area (Å²) in [6.45, 7) is 3.08. The lowest BCUT2D eigenvalue weighted by molar-refractivity contribution is -0.133. The Balaban J connectivity index is 1.75. The molecular formula is C16H21N5O. The number of carbonyl (C=O) groups excluding carboxylic acids is 1. The van der Waals surface area contributed by atoms with Crippen molar-refractivity contribution in [3.05, 3.63) is 41.9 Å². The van der Waals surface area contributed by atoms with Crippen LogP contribution in [0.5, 0.6) is 0 Å². The fourth-order valence-corrected chi connectivity index (χ4v) is 2.99. The molecule has 0 saturated carbocycles. The van der Waals surface area contributed by atoms with Crippen LogP contribution in [0.15, 0.2) is 30.7 Å². The maximum atomic E-state index is 12.6. The van der Waals surface area contributed by atoms with Crippen LogP contribution in [0.4, 0.5) is 5.82 Å². The number of nitrogens with one attached hydrogen (secondary N) is 1. The van der Waals surface area contributed by atoms with Gasteiger partial charge in [0, 0.05) is 26.0 Å². The zero-order valence-corrected chi connectivity index (χ0v) is 13.0. The summed E-state index contributed by atoms with van der Waals surface area (Å²) in [5, 5.41) is 7.25. The smallest absolute Gasteiger partial charge is 0.244 e. The molecule has 0 aliphatic carbocycles. The Labute approximate surface area is 130 Å². The Morgan fingerprint density at radius 1 is 1.50 bits per heavy atom. The summed E-state index contributed by atoms with van der Waals surface area (Å²) in [5.41, 5.74) is 2.21. The highest BCUT2D eigenvalue weighted by molar-refractivity contribution is 5.76. The first-order valence-corrected chi connectivity index (χ1v) is 7.59. The topological polar surface area (TPSA) is 63.1 Å². The fourth-order valence-electron chi connectivity index (χ4n) is 2.99. The van der Waals surface area contributed by atoms with Crippen LogP contribution < -0.4 is 5.32 Å². The molecule has 6 heteroatoms. The molecule has 1 fully saturated rings. The molecule has 0 aromatic carbocycles. The zero-order chi connectivity index (χ0) is 15.5. The van der Waals surface area contributed by atoms with Gasteiger partial charge in [0.2, 0.25) is 5.91 Å². The van der Waals surface area contributed by atoms with Crippen molar-refractivity contribution in [1.82, 2.24) is 19.7 Å². The van der Waals surface area contributed by atoms with Crippen LogP contribution in [-0.2, 0) is 11.3 Å². The molecule has 1 aliphatic heterocycles. The van der Waals surface area contributed by atoms with Gasteiger partial charge in [-0.05, 0) is 43.0 Å². The third kappa shape index (κ3) is 2.95. The van der Waals surface area contributed by atoms with Crippen LogP contribution in [0.1, 0.15) is 30.0 Å². The van der Waals surface area contributed by atoms with Crippen molar-refractivity contribution in [3.63, 3.8) is 0 Å². The number of pyridine rings is 1. The van der Waals surface area contributed by atoms with Gasteiger partial charge in [0.1, 0.15) is 12.4 Å². The van der Waals surface area contributed by atoms with Gasteiger partial charge >= 0.3 is 0 Å². The van der Waals surface area contributed by atoms with Gasteiger partial charge in [-0.2, -0.15) is 5.10 Å². The number of hydrogen-bond acceptors (Lipinski definition) is 4. The van der Waals surface area contributed by atoms with Crippen molar-refractivity contribution in [2.75, 3.05) is 18.9 Å². The van der Waals surface area contributed by atoms with E-state index >= 15 is 0 Å². The van der Waals surface area contributed by atoms with Gasteiger partial charge < -0.3 is 10.2 Å². The van der Waals surface area contributed by atoms with Crippen LogP contribution in [-0.4, -0.2) is 39.2 Å². The Morgan fingerprint density at radius 2 is 2.36 bits per heavy atom. The summed E-state index contributed by atoms with van der Waals surface area (Å²) < 4.78 is 1.71. The molecule has 2 aromatic rings. The average Bonchev–Trinajstić information content (AvgIpc) is 3.16. The highest BCUT2D eigenvalue weighted by atomic mass is 16.2. The highest BCUT2D eigenvalue weighted by Gasteiger charge is 2.30. The second kappa shape index (κ2) is 6.17. The number of nitrogens with zero attached hydrogens (tertiary/aromatic N) is 4. The molecule has 3 heterocycles. The van der Waals surface area contributed by atoms with Crippen molar-refractivity contribution in [2.24, 2.45) is 0 Å². The first kappa shape index (κ1) is 14.6. The van der Waals surface area contributed by atoms with Gasteiger partial charge in [-0.3, -0.25) is 9.48 Å². The summed E-state index contributed by atoms with van der Waals surface area (Å²) >= 11 is 0. The summed E-state index contributed by atoms with van der Waals surface area (Å²) in [5.74, 6) is 0.952. The lowest BCUT2D eigenvalue weighted by Crippen LogP contribution is -2.33. The Bertz CT molecular complexity index is 666. The van der Waals surface area contributed by atoms with E-state index in [-0.39, 0.29) is 11.9 Å². The average molecular weight is 299 g/mol. The highest BCUT2D eigenvalue weighted by Crippen LogP contribution is 2.32. The molecule has 116 valence electrons. The molecule has 1 aliphatic rings. The number of aryl methyl sites for hydroxylation is 1. The number of anilines is 1. The van der Waals surface area contributed by atoms with Crippen molar-refractivity contribution >= 4 is 11.7 Å².